The number of nitrogens with one attached hydrogen (secondary N) is 1. The Labute approximate surface area is 103 Å². The lowest BCUT2D eigenvalue weighted by molar-refractivity contribution is -0.121. The van der Waals surface area contributed by atoms with Crippen molar-refractivity contribution in [2.75, 3.05) is 6.61 Å². The molecule has 0 radical (unpaired) electrons. The second-order valence-electron chi connectivity index (χ2n) is 3.56. The van der Waals surface area contributed by atoms with Crippen LogP contribution in [0.1, 0.15) is 18.6 Å². The molecule has 0 saturated heterocycles. The van der Waals surface area contributed by atoms with E-state index in [1.54, 1.807) is 5.32 Å². The zero-order valence-corrected chi connectivity index (χ0v) is 9.64. The molecule has 0 saturated carbocycles. The highest BCUT2D eigenvalue weighted by atomic mass is 19.1. The maximum Gasteiger partial charge on any atom is 0.318 e. The van der Waals surface area contributed by atoms with Crippen molar-refractivity contribution in [1.82, 2.24) is 5.32 Å². The summed E-state index contributed by atoms with van der Waals surface area (Å²) in [5, 5.41) is 11.0. The number of hydrogen-bond acceptors (Lipinski definition) is 4. The molecule has 0 heterocycles. The number of nitrogens with two attached hydrogens (primary N) is 1. The Morgan fingerprint density at radius 2 is 2.22 bits per heavy atom. The van der Waals surface area contributed by atoms with E-state index in [9.17, 15) is 19.1 Å². The van der Waals surface area contributed by atoms with Crippen LogP contribution in [-0.2, 0) is 4.79 Å². The molecule has 1 rings (SSSR count). The van der Waals surface area contributed by atoms with E-state index in [2.05, 4.69) is 0 Å². The summed E-state index contributed by atoms with van der Waals surface area (Å²) in [6.45, 7) is 0.968. The number of aliphatic hydroxyl groups excluding tert-OH is 1. The van der Waals surface area contributed by atoms with Crippen LogP contribution in [0.4, 0.5) is 9.18 Å². The second-order valence-corrected chi connectivity index (χ2v) is 3.56. The largest absolute Gasteiger partial charge is 0.484 e. The minimum Gasteiger partial charge on any atom is -0.484 e. The van der Waals surface area contributed by atoms with Crippen LogP contribution in [-0.4, -0.2) is 23.7 Å². The summed E-state index contributed by atoms with van der Waals surface area (Å²) in [6.07, 6.45) is -0.933. The van der Waals surface area contributed by atoms with Crippen LogP contribution >= 0.6 is 0 Å². The topological polar surface area (TPSA) is 102 Å². The third-order valence-electron chi connectivity index (χ3n) is 2.05. The molecule has 3 amide bonds. The van der Waals surface area contributed by atoms with Crippen molar-refractivity contribution >= 4 is 11.9 Å². The van der Waals surface area contributed by atoms with Crippen LogP contribution in [0, 0.1) is 5.82 Å². The van der Waals surface area contributed by atoms with Gasteiger partial charge in [-0.1, -0.05) is 0 Å². The minimum atomic E-state index is -0.987. The normalized spacial score (nSPS) is 11.7. The highest BCUT2D eigenvalue weighted by molar-refractivity contribution is 5.94. The van der Waals surface area contributed by atoms with Gasteiger partial charge in [0.25, 0.3) is 5.91 Å². The predicted molar refractivity (Wildman–Crippen MR) is 60.3 cm³/mol. The standard InChI is InChI=1S/C11H13FN2O4/c1-6(15)8-3-2-7(4-9(8)12)18-5-10(16)14-11(13)17/h2-4,6,15H,5H2,1H3,(H3,13,14,16,17)/t6-/m1/s1. The Bertz CT molecular complexity index is 462. The maximum atomic E-state index is 13.4. The van der Waals surface area contributed by atoms with Gasteiger partial charge in [0.15, 0.2) is 6.61 Å². The van der Waals surface area contributed by atoms with Gasteiger partial charge in [-0.25, -0.2) is 9.18 Å². The lowest BCUT2D eigenvalue weighted by Gasteiger charge is -2.09. The highest BCUT2D eigenvalue weighted by Gasteiger charge is 2.10. The number of carbonyl (C=O) groups excluding carboxylic acids is 2. The molecule has 4 N–H and O–H groups in total. The summed E-state index contributed by atoms with van der Waals surface area (Å²) < 4.78 is 18.4. The number of ether oxygens (including phenoxy) is 1. The SMILES string of the molecule is C[C@@H](O)c1ccc(OCC(=O)NC(N)=O)cc1F. The average molecular weight is 256 g/mol. The van der Waals surface area contributed by atoms with E-state index < -0.39 is 30.5 Å². The average Bonchev–Trinajstić information content (AvgIpc) is 2.25. The van der Waals surface area contributed by atoms with Crippen LogP contribution in [0.25, 0.3) is 0 Å². The quantitative estimate of drug-likeness (QED) is 0.728. The lowest BCUT2D eigenvalue weighted by Crippen LogP contribution is -2.38. The fourth-order valence-electron chi connectivity index (χ4n) is 1.26. The molecule has 0 bridgehead atoms. The number of benzene rings is 1. The summed E-state index contributed by atoms with van der Waals surface area (Å²) in [7, 11) is 0. The van der Waals surface area contributed by atoms with Crippen molar-refractivity contribution < 1.29 is 23.8 Å². The van der Waals surface area contributed by atoms with Crippen LogP contribution in [0.2, 0.25) is 0 Å². The van der Waals surface area contributed by atoms with Gasteiger partial charge in [-0.3, -0.25) is 10.1 Å². The van der Waals surface area contributed by atoms with Crippen LogP contribution < -0.4 is 15.8 Å². The molecule has 6 nitrogen and oxygen atoms in total. The Balaban J connectivity index is 2.61. The van der Waals surface area contributed by atoms with E-state index in [4.69, 9.17) is 10.5 Å². The number of amides is 3. The smallest absolute Gasteiger partial charge is 0.318 e. The Hall–Kier alpha value is -2.15. The van der Waals surface area contributed by atoms with Crippen LogP contribution in [0.3, 0.4) is 0 Å². The van der Waals surface area contributed by atoms with Gasteiger partial charge < -0.3 is 15.6 Å². The molecular weight excluding hydrogens is 243 g/mol. The first-order chi connectivity index (χ1) is 8.40. The minimum absolute atomic E-state index is 0.108. The number of hydrogen-bond donors (Lipinski definition) is 3. The van der Waals surface area contributed by atoms with Gasteiger partial charge in [0.1, 0.15) is 11.6 Å². The van der Waals surface area contributed by atoms with Gasteiger partial charge in [-0.05, 0) is 19.1 Å². The number of primary amides is 1. The zero-order chi connectivity index (χ0) is 13.7. The molecule has 0 aliphatic rings. The molecule has 0 fully saturated rings. The van der Waals surface area contributed by atoms with Crippen molar-refractivity contribution in [3.8, 4) is 5.75 Å². The van der Waals surface area contributed by atoms with Crippen molar-refractivity contribution in [1.29, 1.82) is 0 Å². The van der Waals surface area contributed by atoms with Crippen LogP contribution in [0.15, 0.2) is 18.2 Å². The van der Waals surface area contributed by atoms with Crippen LogP contribution in [0.5, 0.6) is 5.75 Å². The van der Waals surface area contributed by atoms with Gasteiger partial charge in [-0.15, -0.1) is 0 Å². The Kier molecular flexibility index (Phi) is 4.61. The van der Waals surface area contributed by atoms with Gasteiger partial charge in [-0.2, -0.15) is 0 Å². The molecule has 1 aromatic rings. The third-order valence-corrected chi connectivity index (χ3v) is 2.05. The summed E-state index contributed by atoms with van der Waals surface area (Å²) >= 11 is 0. The zero-order valence-electron chi connectivity index (χ0n) is 9.64. The molecule has 0 aromatic heterocycles. The van der Waals surface area contributed by atoms with Crippen molar-refractivity contribution in [2.24, 2.45) is 5.73 Å². The van der Waals surface area contributed by atoms with Crippen molar-refractivity contribution in [3.63, 3.8) is 0 Å². The second kappa shape index (κ2) is 5.97. The first-order valence-corrected chi connectivity index (χ1v) is 5.09. The summed E-state index contributed by atoms with van der Waals surface area (Å²) in [5.74, 6) is -1.27. The van der Waals surface area contributed by atoms with Crippen molar-refractivity contribution in [2.45, 2.75) is 13.0 Å². The molecule has 1 aromatic carbocycles. The number of imide groups is 1. The van der Waals surface area contributed by atoms with E-state index in [0.29, 0.717) is 0 Å². The van der Waals surface area contributed by atoms with E-state index in [1.807, 2.05) is 0 Å². The fourth-order valence-corrected chi connectivity index (χ4v) is 1.26. The van der Waals surface area contributed by atoms with E-state index >= 15 is 0 Å². The lowest BCUT2D eigenvalue weighted by atomic mass is 10.1. The monoisotopic (exact) mass is 256 g/mol. The predicted octanol–water partition coefficient (Wildman–Crippen LogP) is 0.453. The molecule has 0 spiro atoms. The molecule has 0 unspecified atom stereocenters. The molecule has 0 aliphatic carbocycles. The van der Waals surface area contributed by atoms with Gasteiger partial charge in [0, 0.05) is 11.6 Å². The molecule has 1 atom stereocenters. The van der Waals surface area contributed by atoms with Gasteiger partial charge >= 0.3 is 6.03 Å². The highest BCUT2D eigenvalue weighted by Crippen LogP contribution is 2.21. The molecule has 0 aliphatic heterocycles. The van der Waals surface area contributed by atoms with E-state index in [1.165, 1.54) is 19.1 Å². The summed E-state index contributed by atoms with van der Waals surface area (Å²) in [5.41, 5.74) is 4.85. The number of aliphatic hydroxyl groups is 1. The number of rotatable bonds is 4. The summed E-state index contributed by atoms with van der Waals surface area (Å²) in [6, 6.07) is 2.81. The third kappa shape index (κ3) is 4.02. The van der Waals surface area contributed by atoms with E-state index in [0.717, 1.165) is 6.07 Å². The Morgan fingerprint density at radius 3 is 2.72 bits per heavy atom. The summed E-state index contributed by atoms with van der Waals surface area (Å²) in [4.78, 5) is 21.4. The van der Waals surface area contributed by atoms with Gasteiger partial charge in [0.2, 0.25) is 0 Å². The van der Waals surface area contributed by atoms with Crippen molar-refractivity contribution in [3.05, 3.63) is 29.6 Å². The number of carbonyl (C=O) groups is 2. The number of urea groups is 1. The van der Waals surface area contributed by atoms with E-state index in [-0.39, 0.29) is 11.3 Å². The molecular formula is C11H13FN2O4. The Morgan fingerprint density at radius 1 is 1.56 bits per heavy atom. The fraction of sp³-hybridized carbons (Fsp3) is 0.273. The molecule has 98 valence electrons. The first kappa shape index (κ1) is 13.9. The molecule has 7 heteroatoms. The molecule has 18 heavy (non-hydrogen) atoms. The first-order valence-electron chi connectivity index (χ1n) is 5.09. The number of halogens is 1. The van der Waals surface area contributed by atoms with Gasteiger partial charge in [0.05, 0.1) is 6.10 Å². The maximum absolute atomic E-state index is 13.4.